The summed E-state index contributed by atoms with van der Waals surface area (Å²) in [6, 6.07) is 4.90. The van der Waals surface area contributed by atoms with Crippen LogP contribution in [0.5, 0.6) is 5.88 Å². The van der Waals surface area contributed by atoms with E-state index in [0.717, 1.165) is 0 Å². The maximum Gasteiger partial charge on any atom is 0.330 e. The lowest BCUT2D eigenvalue weighted by atomic mass is 10.3. The highest BCUT2D eigenvalue weighted by molar-refractivity contribution is 14.2. The predicted molar refractivity (Wildman–Crippen MR) is 69.2 cm³/mol. The molecule has 1 unspecified atom stereocenters. The highest BCUT2D eigenvalue weighted by Crippen LogP contribution is 2.13. The lowest BCUT2D eigenvalue weighted by Gasteiger charge is -2.12. The SMILES string of the molecule is CNC(CSI)C(=O)Oc1ccccn1. The molecule has 4 nitrogen and oxygen atoms in total. The van der Waals surface area contributed by atoms with Crippen molar-refractivity contribution >= 4 is 36.1 Å². The minimum absolute atomic E-state index is 0.297. The molecule has 0 aliphatic rings. The molecule has 1 atom stereocenters. The molecular weight excluding hydrogens is 327 g/mol. The number of likely N-dealkylation sites (N-methyl/N-ethyl adjacent to an activating group) is 1. The van der Waals surface area contributed by atoms with Gasteiger partial charge in [-0.15, -0.1) is 0 Å². The first-order valence-corrected chi connectivity index (χ1v) is 7.84. The van der Waals surface area contributed by atoms with Crippen LogP contribution in [0.25, 0.3) is 0 Å². The highest BCUT2D eigenvalue weighted by Gasteiger charge is 2.18. The highest BCUT2D eigenvalue weighted by atomic mass is 127. The fourth-order valence-corrected chi connectivity index (χ4v) is 2.42. The Balaban J connectivity index is 2.54. The number of hydrogen-bond donors (Lipinski definition) is 1. The third-order valence-electron chi connectivity index (χ3n) is 1.71. The molecule has 1 heterocycles. The number of nitrogens with one attached hydrogen (secondary N) is 1. The summed E-state index contributed by atoms with van der Waals surface area (Å²) in [5.41, 5.74) is 0. The molecule has 0 aliphatic carbocycles. The van der Waals surface area contributed by atoms with E-state index in [-0.39, 0.29) is 12.0 Å². The average Bonchev–Trinajstić information content (AvgIpc) is 2.27. The van der Waals surface area contributed by atoms with Crippen LogP contribution < -0.4 is 10.1 Å². The summed E-state index contributed by atoms with van der Waals surface area (Å²) in [6.45, 7) is 0. The largest absolute Gasteiger partial charge is 0.406 e. The molecule has 0 fully saturated rings. The molecule has 0 saturated carbocycles. The molecule has 0 radical (unpaired) electrons. The number of pyridine rings is 1. The molecular formula is C9H11IN2O2S. The second kappa shape index (κ2) is 7.02. The zero-order chi connectivity index (χ0) is 11.1. The van der Waals surface area contributed by atoms with E-state index in [1.54, 1.807) is 40.4 Å². The monoisotopic (exact) mass is 338 g/mol. The van der Waals surface area contributed by atoms with Crippen LogP contribution in [0.1, 0.15) is 0 Å². The van der Waals surface area contributed by atoms with Gasteiger partial charge in [-0.1, -0.05) is 15.0 Å². The van der Waals surface area contributed by atoms with Gasteiger partial charge in [0.15, 0.2) is 0 Å². The fraction of sp³-hybridized carbons (Fsp3) is 0.333. The molecule has 0 spiro atoms. The summed E-state index contributed by atoms with van der Waals surface area (Å²) >= 11 is 2.14. The van der Waals surface area contributed by atoms with Gasteiger partial charge in [0.2, 0.25) is 5.88 Å². The normalized spacial score (nSPS) is 12.1. The Labute approximate surface area is 105 Å². The Morgan fingerprint density at radius 2 is 2.53 bits per heavy atom. The van der Waals surface area contributed by atoms with Gasteiger partial charge >= 0.3 is 5.97 Å². The molecule has 1 aromatic rings. The predicted octanol–water partition coefficient (Wildman–Crippen LogP) is 1.66. The van der Waals surface area contributed by atoms with Gasteiger partial charge < -0.3 is 10.1 Å². The van der Waals surface area contributed by atoms with E-state index in [9.17, 15) is 4.79 Å². The number of ether oxygens (including phenoxy) is 1. The first-order chi connectivity index (χ1) is 7.27. The van der Waals surface area contributed by atoms with E-state index in [4.69, 9.17) is 4.74 Å². The number of esters is 1. The third kappa shape index (κ3) is 4.35. The number of carbonyl (C=O) groups is 1. The average molecular weight is 338 g/mol. The number of carbonyl (C=O) groups excluding carboxylic acids is 1. The van der Waals surface area contributed by atoms with E-state index >= 15 is 0 Å². The van der Waals surface area contributed by atoms with E-state index in [1.807, 2.05) is 0 Å². The first kappa shape index (κ1) is 12.7. The van der Waals surface area contributed by atoms with Crippen molar-refractivity contribution in [1.82, 2.24) is 10.3 Å². The van der Waals surface area contributed by atoms with Gasteiger partial charge in [0.05, 0.1) is 0 Å². The van der Waals surface area contributed by atoms with Crippen molar-refractivity contribution in [3.63, 3.8) is 0 Å². The smallest absolute Gasteiger partial charge is 0.330 e. The van der Waals surface area contributed by atoms with Crippen LogP contribution in [-0.2, 0) is 4.79 Å². The fourth-order valence-electron chi connectivity index (χ4n) is 0.914. The molecule has 15 heavy (non-hydrogen) atoms. The van der Waals surface area contributed by atoms with Crippen LogP contribution in [-0.4, -0.2) is 29.8 Å². The van der Waals surface area contributed by atoms with Crippen LogP contribution in [0, 0.1) is 0 Å². The van der Waals surface area contributed by atoms with E-state index in [1.165, 1.54) is 0 Å². The van der Waals surface area contributed by atoms with Gasteiger partial charge in [0.25, 0.3) is 0 Å². The molecule has 6 heteroatoms. The van der Waals surface area contributed by atoms with E-state index < -0.39 is 0 Å². The molecule has 1 rings (SSSR count). The topological polar surface area (TPSA) is 51.2 Å². The molecule has 0 aromatic carbocycles. The van der Waals surface area contributed by atoms with Crippen LogP contribution >= 0.6 is 30.1 Å². The Morgan fingerprint density at radius 3 is 3.07 bits per heavy atom. The molecule has 0 bridgehead atoms. The van der Waals surface area contributed by atoms with Crippen LogP contribution in [0.4, 0.5) is 0 Å². The molecule has 82 valence electrons. The maximum absolute atomic E-state index is 11.6. The third-order valence-corrected chi connectivity index (χ3v) is 3.24. The lowest BCUT2D eigenvalue weighted by molar-refractivity contribution is -0.136. The van der Waals surface area contributed by atoms with Crippen molar-refractivity contribution in [3.8, 4) is 5.88 Å². The van der Waals surface area contributed by atoms with Gasteiger partial charge in [-0.05, 0) is 34.3 Å². The number of halogens is 1. The van der Waals surface area contributed by atoms with Crippen LogP contribution in [0.3, 0.4) is 0 Å². The number of rotatable bonds is 5. The summed E-state index contributed by atoms with van der Waals surface area (Å²) in [6.07, 6.45) is 1.59. The summed E-state index contributed by atoms with van der Waals surface area (Å²) < 4.78 is 5.09. The summed E-state index contributed by atoms with van der Waals surface area (Å²) in [4.78, 5) is 15.5. The van der Waals surface area contributed by atoms with Crippen molar-refractivity contribution in [2.45, 2.75) is 6.04 Å². The zero-order valence-electron chi connectivity index (χ0n) is 8.14. The van der Waals surface area contributed by atoms with Gasteiger partial charge in [0, 0.05) is 18.0 Å². The number of nitrogens with zero attached hydrogens (tertiary/aromatic N) is 1. The summed E-state index contributed by atoms with van der Waals surface area (Å²) in [7, 11) is 3.29. The second-order valence-corrected chi connectivity index (χ2v) is 5.13. The Bertz CT molecular complexity index is 310. The summed E-state index contributed by atoms with van der Waals surface area (Å²) in [5, 5.41) is 2.90. The standard InChI is InChI=1S/C9H11IN2O2S/c1-11-7(6-15-10)9(13)14-8-4-2-3-5-12-8/h2-5,7,11H,6H2,1H3. The molecule has 1 aromatic heterocycles. The van der Waals surface area contributed by atoms with Crippen LogP contribution in [0.2, 0.25) is 0 Å². The van der Waals surface area contributed by atoms with E-state index in [0.29, 0.717) is 11.6 Å². The van der Waals surface area contributed by atoms with Crippen molar-refractivity contribution in [3.05, 3.63) is 24.4 Å². The molecule has 0 saturated heterocycles. The van der Waals surface area contributed by atoms with Gasteiger partial charge in [0.1, 0.15) is 6.04 Å². The van der Waals surface area contributed by atoms with Crippen molar-refractivity contribution in [2.24, 2.45) is 0 Å². The van der Waals surface area contributed by atoms with Crippen molar-refractivity contribution in [1.29, 1.82) is 0 Å². The van der Waals surface area contributed by atoms with Gasteiger partial charge in [-0.2, -0.15) is 0 Å². The van der Waals surface area contributed by atoms with E-state index in [2.05, 4.69) is 31.5 Å². The Morgan fingerprint density at radius 1 is 1.73 bits per heavy atom. The zero-order valence-corrected chi connectivity index (χ0v) is 11.1. The van der Waals surface area contributed by atoms with Gasteiger partial charge in [-0.3, -0.25) is 0 Å². The molecule has 0 aliphatic heterocycles. The van der Waals surface area contributed by atoms with Crippen LogP contribution in [0.15, 0.2) is 24.4 Å². The second-order valence-electron chi connectivity index (χ2n) is 2.71. The first-order valence-electron chi connectivity index (χ1n) is 4.31. The molecule has 0 amide bonds. The lowest BCUT2D eigenvalue weighted by Crippen LogP contribution is -2.39. The Hall–Kier alpha value is -0.340. The summed E-state index contributed by atoms with van der Waals surface area (Å²) in [5.74, 6) is 0.699. The minimum Gasteiger partial charge on any atom is -0.406 e. The minimum atomic E-state index is -0.305. The van der Waals surface area contributed by atoms with Gasteiger partial charge in [-0.25, -0.2) is 9.78 Å². The maximum atomic E-state index is 11.6. The Kier molecular flexibility index (Phi) is 5.96. The van der Waals surface area contributed by atoms with Crippen molar-refractivity contribution < 1.29 is 9.53 Å². The number of aromatic nitrogens is 1. The quantitative estimate of drug-likeness (QED) is 0.654. The molecule has 1 N–H and O–H groups in total. The van der Waals surface area contributed by atoms with Crippen molar-refractivity contribution in [2.75, 3.05) is 12.8 Å². The number of hydrogen-bond acceptors (Lipinski definition) is 5.